The first-order valence-electron chi connectivity index (χ1n) is 14.8. The molecule has 0 bridgehead atoms. The molecule has 1 aliphatic rings. The largest absolute Gasteiger partial charge is 1.00 e. The lowest BCUT2D eigenvalue weighted by atomic mass is 9.97. The summed E-state index contributed by atoms with van der Waals surface area (Å²) in [5.41, 5.74) is 0.854. The lowest BCUT2D eigenvalue weighted by molar-refractivity contribution is -0.882. The fourth-order valence-electron chi connectivity index (χ4n) is 4.77. The van der Waals surface area contributed by atoms with Gasteiger partial charge in [0, 0.05) is 12.6 Å². The molecule has 0 radical (unpaired) electrons. The quantitative estimate of drug-likeness (QED) is 0.125. The monoisotopic (exact) mass is 658 g/mol. The molecule has 1 aliphatic heterocycles. The summed E-state index contributed by atoms with van der Waals surface area (Å²) in [7, 11) is 5.62. The molecule has 0 unspecified atom stereocenters. The van der Waals surface area contributed by atoms with Crippen LogP contribution in [0, 0.1) is 0 Å². The maximum Gasteiger partial charge on any atom is 0.275 e. The number of benzene rings is 2. The van der Waals surface area contributed by atoms with Gasteiger partial charge in [-0.2, -0.15) is 0 Å². The SMILES string of the molecule is CCCCCNC(=O)C[N+](C)(C)CCCCOc1ccc(/C=C/C(=O)c2c(OC)cc3c(c2O)C=CC(C)(C)O3)cc1.[Br-]. The van der Waals surface area contributed by atoms with Gasteiger partial charge in [0.2, 0.25) is 0 Å². The molecule has 0 spiro atoms. The zero-order valence-corrected chi connectivity index (χ0v) is 28.0. The number of nitrogens with zero attached hydrogens (tertiary/aromatic N) is 1. The number of carbonyl (C=O) groups is 2. The lowest BCUT2D eigenvalue weighted by Crippen LogP contribution is -3.00. The maximum atomic E-state index is 13.1. The van der Waals surface area contributed by atoms with Crippen molar-refractivity contribution in [2.24, 2.45) is 0 Å². The number of carbonyl (C=O) groups excluding carboxylic acids is 2. The number of hydrogen-bond donors (Lipinski definition) is 2. The van der Waals surface area contributed by atoms with Gasteiger partial charge in [0.25, 0.3) is 5.91 Å². The fourth-order valence-corrected chi connectivity index (χ4v) is 4.77. The van der Waals surface area contributed by atoms with Gasteiger partial charge in [0.05, 0.1) is 39.9 Å². The fraction of sp³-hybridized carbons (Fsp3) is 0.471. The summed E-state index contributed by atoms with van der Waals surface area (Å²) in [6.45, 7) is 8.70. The van der Waals surface area contributed by atoms with E-state index in [0.29, 0.717) is 28.9 Å². The second-order valence-electron chi connectivity index (χ2n) is 11.9. The number of ketones is 1. The van der Waals surface area contributed by atoms with Crippen LogP contribution in [0.4, 0.5) is 0 Å². The lowest BCUT2D eigenvalue weighted by Gasteiger charge is -2.29. The molecule has 236 valence electrons. The van der Waals surface area contributed by atoms with E-state index in [-0.39, 0.29) is 45.7 Å². The van der Waals surface area contributed by atoms with Gasteiger partial charge in [-0.15, -0.1) is 0 Å². The van der Waals surface area contributed by atoms with Crippen molar-refractivity contribution in [3.63, 3.8) is 0 Å². The zero-order chi connectivity index (χ0) is 30.8. The van der Waals surface area contributed by atoms with E-state index >= 15 is 0 Å². The molecule has 43 heavy (non-hydrogen) atoms. The Bertz CT molecular complexity index is 1280. The molecule has 9 heteroatoms. The van der Waals surface area contributed by atoms with Gasteiger partial charge in [0.1, 0.15) is 34.2 Å². The molecule has 2 aromatic rings. The van der Waals surface area contributed by atoms with E-state index in [4.69, 9.17) is 14.2 Å². The van der Waals surface area contributed by atoms with Crippen LogP contribution in [-0.2, 0) is 4.79 Å². The van der Waals surface area contributed by atoms with Crippen molar-refractivity contribution in [1.29, 1.82) is 0 Å². The third-order valence-corrected chi connectivity index (χ3v) is 7.16. The highest BCUT2D eigenvalue weighted by atomic mass is 79.9. The number of ether oxygens (including phenoxy) is 3. The number of rotatable bonds is 16. The molecule has 2 N–H and O–H groups in total. The molecule has 3 rings (SSSR count). The molecule has 0 aromatic heterocycles. The van der Waals surface area contributed by atoms with Crippen LogP contribution >= 0.6 is 0 Å². The van der Waals surface area contributed by atoms with Crippen LogP contribution in [0.1, 0.15) is 74.4 Å². The van der Waals surface area contributed by atoms with Gasteiger partial charge >= 0.3 is 0 Å². The summed E-state index contributed by atoms with van der Waals surface area (Å²) < 4.78 is 17.9. The van der Waals surface area contributed by atoms with E-state index in [1.165, 1.54) is 13.2 Å². The van der Waals surface area contributed by atoms with Crippen LogP contribution in [0.25, 0.3) is 12.2 Å². The standard InChI is InChI=1S/C34H46N2O6.BrH/c1-7-8-9-20-35-31(38)24-36(4,5)21-10-11-22-41-26-15-12-25(13-16-26)14-17-28(37)32-30(40-6)23-29-27(33(32)39)18-19-34(2,3)42-29;/h12-19,23H,7-11,20-22,24H2,1-6H3,(H-,35,37,38,39);1H/b17-14+;. The van der Waals surface area contributed by atoms with Crippen molar-refractivity contribution in [1.82, 2.24) is 5.32 Å². The summed E-state index contributed by atoms with van der Waals surface area (Å²) >= 11 is 0. The number of phenols is 1. The molecule has 0 fully saturated rings. The number of allylic oxidation sites excluding steroid dienone is 1. The number of hydrogen-bond acceptors (Lipinski definition) is 6. The van der Waals surface area contributed by atoms with Crippen molar-refractivity contribution in [3.05, 3.63) is 59.2 Å². The van der Waals surface area contributed by atoms with Gasteiger partial charge in [-0.25, -0.2) is 0 Å². The Balaban J connectivity index is 0.00000645. The van der Waals surface area contributed by atoms with Gasteiger partial charge < -0.3 is 46.1 Å². The third kappa shape index (κ3) is 11.0. The minimum Gasteiger partial charge on any atom is -1.00 e. The number of likely N-dealkylation sites (N-methyl/N-ethyl adjacent to an activating group) is 1. The number of aromatic hydroxyl groups is 1. The Hall–Kier alpha value is -3.30. The Morgan fingerprint density at radius 3 is 2.49 bits per heavy atom. The van der Waals surface area contributed by atoms with E-state index in [1.807, 2.05) is 44.2 Å². The number of methoxy groups -OCH3 is 1. The van der Waals surface area contributed by atoms with E-state index < -0.39 is 5.60 Å². The third-order valence-electron chi connectivity index (χ3n) is 7.16. The number of nitrogens with one attached hydrogen (secondary N) is 1. The van der Waals surface area contributed by atoms with Gasteiger partial charge in [-0.05, 0) is 69.0 Å². The second kappa shape index (κ2) is 16.5. The average Bonchev–Trinajstić information content (AvgIpc) is 2.93. The van der Waals surface area contributed by atoms with Crippen molar-refractivity contribution >= 4 is 23.8 Å². The normalized spacial score (nSPS) is 13.5. The summed E-state index contributed by atoms with van der Waals surface area (Å²) in [5, 5.41) is 13.9. The Morgan fingerprint density at radius 1 is 1.09 bits per heavy atom. The summed E-state index contributed by atoms with van der Waals surface area (Å²) in [4.78, 5) is 25.3. The first kappa shape index (κ1) is 35.9. The van der Waals surface area contributed by atoms with Crippen molar-refractivity contribution < 1.29 is 50.4 Å². The van der Waals surface area contributed by atoms with Crippen molar-refractivity contribution in [2.45, 2.75) is 58.5 Å². The second-order valence-corrected chi connectivity index (χ2v) is 11.9. The number of amides is 1. The highest BCUT2D eigenvalue weighted by Crippen LogP contribution is 2.43. The van der Waals surface area contributed by atoms with Gasteiger partial charge in [-0.1, -0.05) is 38.0 Å². The van der Waals surface area contributed by atoms with Crippen LogP contribution in [-0.4, -0.2) is 74.3 Å². The molecule has 0 atom stereocenters. The van der Waals surface area contributed by atoms with Crippen molar-refractivity contribution in [2.75, 3.05) is 47.4 Å². The average molecular weight is 660 g/mol. The van der Waals surface area contributed by atoms with E-state index in [0.717, 1.165) is 56.5 Å². The first-order chi connectivity index (χ1) is 19.9. The van der Waals surface area contributed by atoms with E-state index in [1.54, 1.807) is 18.2 Å². The van der Waals surface area contributed by atoms with Crippen LogP contribution in [0.15, 0.2) is 42.5 Å². The zero-order valence-electron chi connectivity index (χ0n) is 26.4. The number of unbranched alkanes of at least 4 members (excludes halogenated alkanes) is 3. The van der Waals surface area contributed by atoms with Gasteiger partial charge in [0.15, 0.2) is 12.3 Å². The number of halogens is 1. The van der Waals surface area contributed by atoms with Crippen molar-refractivity contribution in [3.8, 4) is 23.0 Å². The molecule has 8 nitrogen and oxygen atoms in total. The molecule has 1 heterocycles. The predicted octanol–water partition coefficient (Wildman–Crippen LogP) is 3.03. The topological polar surface area (TPSA) is 94.1 Å². The minimum atomic E-state index is -0.519. The summed E-state index contributed by atoms with van der Waals surface area (Å²) in [6, 6.07) is 9.13. The van der Waals surface area contributed by atoms with Crippen LogP contribution in [0.2, 0.25) is 0 Å². The van der Waals surface area contributed by atoms with Crippen LogP contribution in [0.3, 0.4) is 0 Å². The Labute approximate surface area is 267 Å². The first-order valence-corrected chi connectivity index (χ1v) is 14.8. The smallest absolute Gasteiger partial charge is 0.275 e. The number of fused-ring (bicyclic) bond motifs is 1. The van der Waals surface area contributed by atoms with E-state index in [9.17, 15) is 14.7 Å². The molecule has 0 saturated carbocycles. The maximum absolute atomic E-state index is 13.1. The molecule has 0 saturated heterocycles. The molecule has 2 aromatic carbocycles. The predicted molar refractivity (Wildman–Crippen MR) is 167 cm³/mol. The highest BCUT2D eigenvalue weighted by Gasteiger charge is 2.28. The molecular formula is C34H47BrN2O6. The molecule has 1 amide bonds. The Morgan fingerprint density at radius 2 is 1.81 bits per heavy atom. The minimum absolute atomic E-state index is 0. The summed E-state index contributed by atoms with van der Waals surface area (Å²) in [6.07, 6.45) is 11.9. The van der Waals surface area contributed by atoms with Crippen LogP contribution in [0.5, 0.6) is 23.0 Å². The Kier molecular flexibility index (Phi) is 13.8. The number of phenolic OH excluding ortho intramolecular Hbond substituents is 1. The highest BCUT2D eigenvalue weighted by molar-refractivity contribution is 6.11. The molecular weight excluding hydrogens is 612 g/mol. The number of quaternary nitrogens is 1. The molecule has 0 aliphatic carbocycles. The van der Waals surface area contributed by atoms with Gasteiger partial charge in [-0.3, -0.25) is 9.59 Å². The van der Waals surface area contributed by atoms with Crippen LogP contribution < -0.4 is 36.5 Å². The van der Waals surface area contributed by atoms with E-state index in [2.05, 4.69) is 26.3 Å². The summed E-state index contributed by atoms with van der Waals surface area (Å²) in [5.74, 6) is 1.04.